The SMILES string of the molecule is CNc1ccc(C(=O)NC2C(C)(C)[C@@H]3CC[C@]2(C)C3)cc1S(=O)(=O)N(C)C. The van der Waals surface area contributed by atoms with Crippen molar-refractivity contribution in [3.8, 4) is 0 Å². The van der Waals surface area contributed by atoms with Crippen LogP contribution in [0.3, 0.4) is 0 Å². The summed E-state index contributed by atoms with van der Waals surface area (Å²) in [5.74, 6) is 0.420. The summed E-state index contributed by atoms with van der Waals surface area (Å²) in [5, 5.41) is 6.13. The summed E-state index contributed by atoms with van der Waals surface area (Å²) in [6.07, 6.45) is 3.49. The van der Waals surface area contributed by atoms with Crippen LogP contribution in [0.5, 0.6) is 0 Å². The van der Waals surface area contributed by atoms with E-state index in [1.54, 1.807) is 19.2 Å². The highest BCUT2D eigenvalue weighted by Gasteiger charge is 2.59. The lowest BCUT2D eigenvalue weighted by Crippen LogP contribution is -2.52. The molecule has 1 aromatic carbocycles. The zero-order valence-corrected chi connectivity index (χ0v) is 17.9. The van der Waals surface area contributed by atoms with Crippen LogP contribution in [0.15, 0.2) is 23.1 Å². The Hall–Kier alpha value is -1.60. The molecule has 0 aromatic heterocycles. The molecule has 0 spiro atoms. The smallest absolute Gasteiger partial charge is 0.251 e. The Morgan fingerprint density at radius 1 is 1.22 bits per heavy atom. The molecule has 1 amide bonds. The molecule has 2 aliphatic carbocycles. The van der Waals surface area contributed by atoms with Gasteiger partial charge in [-0.1, -0.05) is 20.8 Å². The van der Waals surface area contributed by atoms with Crippen LogP contribution in [0.2, 0.25) is 0 Å². The van der Waals surface area contributed by atoms with Crippen LogP contribution in [0.4, 0.5) is 5.69 Å². The molecule has 27 heavy (non-hydrogen) atoms. The van der Waals surface area contributed by atoms with Crippen molar-refractivity contribution in [1.82, 2.24) is 9.62 Å². The van der Waals surface area contributed by atoms with Crippen molar-refractivity contribution in [3.63, 3.8) is 0 Å². The van der Waals surface area contributed by atoms with Gasteiger partial charge in [0.05, 0.1) is 5.69 Å². The van der Waals surface area contributed by atoms with E-state index < -0.39 is 10.0 Å². The van der Waals surface area contributed by atoms with Crippen molar-refractivity contribution in [2.24, 2.45) is 16.7 Å². The van der Waals surface area contributed by atoms with Crippen molar-refractivity contribution >= 4 is 21.6 Å². The van der Waals surface area contributed by atoms with E-state index in [9.17, 15) is 13.2 Å². The highest BCUT2D eigenvalue weighted by atomic mass is 32.2. The van der Waals surface area contributed by atoms with Crippen molar-refractivity contribution in [1.29, 1.82) is 0 Å². The summed E-state index contributed by atoms with van der Waals surface area (Å²) < 4.78 is 26.4. The van der Waals surface area contributed by atoms with Gasteiger partial charge in [0.25, 0.3) is 5.91 Å². The van der Waals surface area contributed by atoms with Gasteiger partial charge in [0.1, 0.15) is 4.90 Å². The second kappa shape index (κ2) is 6.48. The van der Waals surface area contributed by atoms with E-state index in [-0.39, 0.29) is 27.7 Å². The van der Waals surface area contributed by atoms with Crippen LogP contribution in [-0.4, -0.2) is 45.8 Å². The first kappa shape index (κ1) is 20.1. The van der Waals surface area contributed by atoms with E-state index in [4.69, 9.17) is 0 Å². The molecule has 2 N–H and O–H groups in total. The number of hydrogen-bond acceptors (Lipinski definition) is 4. The fraction of sp³-hybridized carbons (Fsp3) is 0.650. The second-order valence-electron chi connectivity index (χ2n) is 9.07. The van der Waals surface area contributed by atoms with Crippen LogP contribution < -0.4 is 10.6 Å². The highest BCUT2D eigenvalue weighted by Crippen LogP contribution is 2.62. The number of hydrogen-bond donors (Lipinski definition) is 2. The predicted octanol–water partition coefficient (Wildman–Crippen LogP) is 2.92. The molecule has 7 heteroatoms. The Morgan fingerprint density at radius 2 is 1.89 bits per heavy atom. The van der Waals surface area contributed by atoms with Gasteiger partial charge in [0, 0.05) is 32.7 Å². The number of nitrogens with zero attached hydrogens (tertiary/aromatic N) is 1. The molecule has 1 unspecified atom stereocenters. The van der Waals surface area contributed by atoms with Gasteiger partial charge in [0.2, 0.25) is 10.0 Å². The number of carbonyl (C=O) groups excluding carboxylic acids is 1. The fourth-order valence-electron chi connectivity index (χ4n) is 5.16. The van der Waals surface area contributed by atoms with E-state index >= 15 is 0 Å². The number of anilines is 1. The molecule has 2 fully saturated rings. The minimum atomic E-state index is -3.66. The minimum Gasteiger partial charge on any atom is -0.387 e. The maximum absolute atomic E-state index is 13.0. The van der Waals surface area contributed by atoms with Crippen LogP contribution in [0.1, 0.15) is 50.4 Å². The number of sulfonamides is 1. The molecule has 2 saturated carbocycles. The maximum atomic E-state index is 13.0. The van der Waals surface area contributed by atoms with E-state index in [0.29, 0.717) is 17.2 Å². The fourth-order valence-corrected chi connectivity index (χ4v) is 6.27. The van der Waals surface area contributed by atoms with Crippen LogP contribution >= 0.6 is 0 Å². The second-order valence-corrected chi connectivity index (χ2v) is 11.2. The Bertz CT molecular complexity index is 858. The van der Waals surface area contributed by atoms with E-state index in [2.05, 4.69) is 31.4 Å². The van der Waals surface area contributed by atoms with Gasteiger partial charge in [-0.2, -0.15) is 0 Å². The van der Waals surface area contributed by atoms with Gasteiger partial charge >= 0.3 is 0 Å². The molecular weight excluding hydrogens is 362 g/mol. The Balaban J connectivity index is 1.92. The summed E-state index contributed by atoms with van der Waals surface area (Å²) in [7, 11) is 0.986. The molecule has 6 nitrogen and oxygen atoms in total. The molecule has 2 bridgehead atoms. The quantitative estimate of drug-likeness (QED) is 0.806. The minimum absolute atomic E-state index is 0.0477. The summed E-state index contributed by atoms with van der Waals surface area (Å²) in [6, 6.07) is 4.89. The Kier molecular flexibility index (Phi) is 4.84. The predicted molar refractivity (Wildman–Crippen MR) is 107 cm³/mol. The van der Waals surface area contributed by atoms with Gasteiger partial charge < -0.3 is 10.6 Å². The number of fused-ring (bicyclic) bond motifs is 2. The molecular formula is C20H31N3O3S. The lowest BCUT2D eigenvalue weighted by atomic mass is 9.68. The third kappa shape index (κ3) is 3.14. The number of carbonyl (C=O) groups is 1. The first-order valence-electron chi connectivity index (χ1n) is 9.48. The van der Waals surface area contributed by atoms with Crippen LogP contribution in [-0.2, 0) is 10.0 Å². The van der Waals surface area contributed by atoms with Gasteiger partial charge in [-0.05, 0) is 54.2 Å². The van der Waals surface area contributed by atoms with Gasteiger partial charge in [-0.3, -0.25) is 4.79 Å². The third-order valence-corrected chi connectivity index (χ3v) is 8.67. The molecule has 3 atom stereocenters. The third-order valence-electron chi connectivity index (χ3n) is 6.82. The summed E-state index contributed by atoms with van der Waals surface area (Å²) >= 11 is 0. The van der Waals surface area contributed by atoms with E-state index in [1.807, 2.05) is 0 Å². The normalized spacial score (nSPS) is 29.1. The van der Waals surface area contributed by atoms with Gasteiger partial charge in [-0.15, -0.1) is 0 Å². The van der Waals surface area contributed by atoms with Crippen LogP contribution in [0, 0.1) is 16.7 Å². The number of nitrogens with one attached hydrogen (secondary N) is 2. The average Bonchev–Trinajstić information content (AvgIpc) is 3.08. The van der Waals surface area contributed by atoms with Crippen molar-refractivity contribution in [2.75, 3.05) is 26.5 Å². The first-order chi connectivity index (χ1) is 12.4. The standard InChI is InChI=1S/C20H31N3O3S/c1-19(2)14-9-10-20(3,12-14)18(19)22-17(24)13-7-8-15(21-4)16(11-13)27(25,26)23(5)6/h7-8,11,14,18,21H,9-10,12H2,1-6H3,(H,22,24)/t14-,18?,20-/m1/s1. The van der Waals surface area contributed by atoms with Crippen molar-refractivity contribution in [3.05, 3.63) is 23.8 Å². The average molecular weight is 394 g/mol. The monoisotopic (exact) mass is 393 g/mol. The highest BCUT2D eigenvalue weighted by molar-refractivity contribution is 7.89. The summed E-state index contributed by atoms with van der Waals surface area (Å²) in [5.41, 5.74) is 1.02. The molecule has 1 aromatic rings. The summed E-state index contributed by atoms with van der Waals surface area (Å²) in [4.78, 5) is 13.1. The Morgan fingerprint density at radius 3 is 2.41 bits per heavy atom. The molecule has 0 saturated heterocycles. The van der Waals surface area contributed by atoms with E-state index in [0.717, 1.165) is 17.1 Å². The van der Waals surface area contributed by atoms with Gasteiger partial charge in [0.15, 0.2) is 0 Å². The maximum Gasteiger partial charge on any atom is 0.251 e. The largest absolute Gasteiger partial charge is 0.387 e. The molecule has 0 radical (unpaired) electrons. The summed E-state index contributed by atoms with van der Waals surface area (Å²) in [6.45, 7) is 6.73. The van der Waals surface area contributed by atoms with Crippen molar-refractivity contribution in [2.45, 2.75) is 51.0 Å². The number of amides is 1. The topological polar surface area (TPSA) is 78.5 Å². The first-order valence-corrected chi connectivity index (χ1v) is 10.9. The molecule has 3 rings (SSSR count). The molecule has 0 aliphatic heterocycles. The van der Waals surface area contributed by atoms with E-state index in [1.165, 1.54) is 26.6 Å². The number of benzene rings is 1. The van der Waals surface area contributed by atoms with Crippen LogP contribution in [0.25, 0.3) is 0 Å². The zero-order valence-electron chi connectivity index (χ0n) is 17.1. The lowest BCUT2D eigenvalue weighted by molar-refractivity contribution is 0.0737. The molecule has 0 heterocycles. The zero-order chi connectivity index (χ0) is 20.2. The number of rotatable bonds is 5. The van der Waals surface area contributed by atoms with Gasteiger partial charge in [-0.25, -0.2) is 12.7 Å². The Labute approximate surface area is 162 Å². The van der Waals surface area contributed by atoms with Crippen molar-refractivity contribution < 1.29 is 13.2 Å². The lowest BCUT2D eigenvalue weighted by Gasteiger charge is -2.43. The molecule has 2 aliphatic rings. The molecule has 150 valence electrons.